The van der Waals surface area contributed by atoms with E-state index in [1.165, 1.54) is 0 Å². The molecule has 0 radical (unpaired) electrons. The van der Waals surface area contributed by atoms with E-state index in [9.17, 15) is 9.59 Å². The number of carbonyl (C=O) groups is 2. The Hall–Kier alpha value is -2.41. The van der Waals surface area contributed by atoms with E-state index in [0.717, 1.165) is 14.3 Å². The quantitative estimate of drug-likeness (QED) is 0.497. The molecule has 0 aliphatic carbocycles. The van der Waals surface area contributed by atoms with Crippen molar-refractivity contribution in [3.05, 3.63) is 75.9 Å². The van der Waals surface area contributed by atoms with Crippen LogP contribution >= 0.6 is 22.6 Å². The predicted molar refractivity (Wildman–Crippen MR) is 102 cm³/mol. The third kappa shape index (κ3) is 3.91. The van der Waals surface area contributed by atoms with Crippen LogP contribution in [0.3, 0.4) is 0 Å². The molecule has 0 aromatic heterocycles. The summed E-state index contributed by atoms with van der Waals surface area (Å²) in [6.07, 6.45) is 0. The van der Waals surface area contributed by atoms with E-state index in [1.807, 2.05) is 54.6 Å². The highest BCUT2D eigenvalue weighted by Gasteiger charge is 2.13. The molecule has 0 heterocycles. The maximum Gasteiger partial charge on any atom is 0.339 e. The van der Waals surface area contributed by atoms with E-state index in [1.54, 1.807) is 12.1 Å². The summed E-state index contributed by atoms with van der Waals surface area (Å²) in [5.74, 6) is -0.877. The summed E-state index contributed by atoms with van der Waals surface area (Å²) in [6, 6.07) is 20.6. The van der Waals surface area contributed by atoms with Gasteiger partial charge >= 0.3 is 5.97 Å². The molecule has 4 nitrogen and oxygen atoms in total. The van der Waals surface area contributed by atoms with Crippen molar-refractivity contribution in [3.63, 3.8) is 0 Å². The summed E-state index contributed by atoms with van der Waals surface area (Å²) in [6.45, 7) is -0.323. The number of fused-ring (bicyclic) bond motifs is 1. The van der Waals surface area contributed by atoms with E-state index in [0.29, 0.717) is 11.3 Å². The Morgan fingerprint density at radius 3 is 2.42 bits per heavy atom. The number of halogens is 1. The minimum atomic E-state index is -0.506. The molecule has 1 N–H and O–H groups in total. The molecule has 0 bridgehead atoms. The highest BCUT2D eigenvalue weighted by Crippen LogP contribution is 2.19. The molecule has 0 saturated heterocycles. The van der Waals surface area contributed by atoms with E-state index >= 15 is 0 Å². The fraction of sp³-hybridized carbons (Fsp3) is 0.0526. The average molecular weight is 431 g/mol. The molecule has 0 spiro atoms. The van der Waals surface area contributed by atoms with Crippen molar-refractivity contribution in [3.8, 4) is 0 Å². The van der Waals surface area contributed by atoms with Crippen molar-refractivity contribution in [1.82, 2.24) is 0 Å². The van der Waals surface area contributed by atoms with Gasteiger partial charge in [0.2, 0.25) is 0 Å². The largest absolute Gasteiger partial charge is 0.452 e. The van der Waals surface area contributed by atoms with Crippen LogP contribution in [0.1, 0.15) is 10.4 Å². The molecule has 0 atom stereocenters. The highest BCUT2D eigenvalue weighted by molar-refractivity contribution is 14.1. The fourth-order valence-corrected chi connectivity index (χ4v) is 2.91. The fourth-order valence-electron chi connectivity index (χ4n) is 2.30. The van der Waals surface area contributed by atoms with E-state index in [-0.39, 0.29) is 12.5 Å². The normalized spacial score (nSPS) is 10.4. The minimum Gasteiger partial charge on any atom is -0.452 e. The van der Waals surface area contributed by atoms with Crippen LogP contribution < -0.4 is 5.32 Å². The van der Waals surface area contributed by atoms with Gasteiger partial charge in [0.05, 0.1) is 5.56 Å². The zero-order valence-corrected chi connectivity index (χ0v) is 14.8. The van der Waals surface area contributed by atoms with Crippen molar-refractivity contribution in [2.45, 2.75) is 0 Å². The van der Waals surface area contributed by atoms with Gasteiger partial charge in [0, 0.05) is 9.26 Å². The molecule has 24 heavy (non-hydrogen) atoms. The van der Waals surface area contributed by atoms with Gasteiger partial charge < -0.3 is 10.1 Å². The molecule has 1 amide bonds. The first-order chi connectivity index (χ1) is 11.6. The van der Waals surface area contributed by atoms with Gasteiger partial charge in [0.25, 0.3) is 5.91 Å². The Labute approximate surface area is 153 Å². The summed E-state index contributed by atoms with van der Waals surface area (Å²) in [4.78, 5) is 24.0. The van der Waals surface area contributed by atoms with Crippen molar-refractivity contribution in [2.24, 2.45) is 0 Å². The van der Waals surface area contributed by atoms with E-state index < -0.39 is 5.97 Å². The predicted octanol–water partition coefficient (Wildman–Crippen LogP) is 4.24. The van der Waals surface area contributed by atoms with Gasteiger partial charge in [0.15, 0.2) is 6.61 Å². The molecular weight excluding hydrogens is 417 g/mol. The van der Waals surface area contributed by atoms with Crippen molar-refractivity contribution < 1.29 is 14.3 Å². The summed E-state index contributed by atoms with van der Waals surface area (Å²) in [5, 5.41) is 4.87. The second-order valence-electron chi connectivity index (χ2n) is 5.17. The lowest BCUT2D eigenvalue weighted by Gasteiger charge is -2.08. The Balaban J connectivity index is 1.61. The molecule has 0 aliphatic rings. The highest BCUT2D eigenvalue weighted by atomic mass is 127. The number of carbonyl (C=O) groups excluding carboxylic acids is 2. The first-order valence-electron chi connectivity index (χ1n) is 7.34. The van der Waals surface area contributed by atoms with Crippen molar-refractivity contribution >= 4 is 50.9 Å². The molecule has 3 rings (SSSR count). The van der Waals surface area contributed by atoms with Crippen LogP contribution in [0.5, 0.6) is 0 Å². The Kier molecular flexibility index (Phi) is 5.10. The van der Waals surface area contributed by atoms with Crippen LogP contribution in [0.25, 0.3) is 10.8 Å². The van der Waals surface area contributed by atoms with Gasteiger partial charge in [-0.25, -0.2) is 4.79 Å². The Bertz CT molecular complexity index is 908. The summed E-state index contributed by atoms with van der Waals surface area (Å²) >= 11 is 2.06. The van der Waals surface area contributed by atoms with Crippen LogP contribution in [0.2, 0.25) is 0 Å². The van der Waals surface area contributed by atoms with Gasteiger partial charge in [-0.2, -0.15) is 0 Å². The number of rotatable bonds is 4. The molecule has 0 unspecified atom stereocenters. The standard InChI is InChI=1S/C19H14INO3/c20-17-8-4-3-7-16(17)19(23)24-12-18(22)21-15-10-9-13-5-1-2-6-14(13)11-15/h1-11H,12H2,(H,21,22). The number of nitrogens with one attached hydrogen (secondary N) is 1. The topological polar surface area (TPSA) is 55.4 Å². The SMILES string of the molecule is O=C(COC(=O)c1ccccc1I)Nc1ccc2ccccc2c1. The van der Waals surface area contributed by atoms with Gasteiger partial charge in [-0.3, -0.25) is 4.79 Å². The van der Waals surface area contributed by atoms with Crippen molar-refractivity contribution in [1.29, 1.82) is 0 Å². The second kappa shape index (κ2) is 7.44. The molecule has 0 aliphatic heterocycles. The summed E-state index contributed by atoms with van der Waals surface area (Å²) in [5.41, 5.74) is 1.13. The van der Waals surface area contributed by atoms with Gasteiger partial charge in [-0.1, -0.05) is 42.5 Å². The minimum absolute atomic E-state index is 0.323. The smallest absolute Gasteiger partial charge is 0.339 e. The molecule has 120 valence electrons. The third-order valence-electron chi connectivity index (χ3n) is 3.46. The summed E-state index contributed by atoms with van der Waals surface area (Å²) in [7, 11) is 0. The van der Waals surface area contributed by atoms with Crippen molar-refractivity contribution in [2.75, 3.05) is 11.9 Å². The first kappa shape index (κ1) is 16.4. The van der Waals surface area contributed by atoms with Crippen LogP contribution in [0.15, 0.2) is 66.7 Å². The van der Waals surface area contributed by atoms with Gasteiger partial charge in [-0.15, -0.1) is 0 Å². The molecule has 3 aromatic carbocycles. The number of anilines is 1. The van der Waals surface area contributed by atoms with Crippen LogP contribution in [-0.4, -0.2) is 18.5 Å². The lowest BCUT2D eigenvalue weighted by molar-refractivity contribution is -0.119. The number of hydrogen-bond acceptors (Lipinski definition) is 3. The lowest BCUT2D eigenvalue weighted by atomic mass is 10.1. The molecule has 5 heteroatoms. The monoisotopic (exact) mass is 431 g/mol. The second-order valence-corrected chi connectivity index (χ2v) is 6.33. The number of benzene rings is 3. The van der Waals surface area contributed by atoms with Crippen LogP contribution in [0, 0.1) is 3.57 Å². The van der Waals surface area contributed by atoms with Gasteiger partial charge in [0.1, 0.15) is 0 Å². The summed E-state index contributed by atoms with van der Waals surface area (Å²) < 4.78 is 5.86. The zero-order valence-electron chi connectivity index (χ0n) is 12.7. The third-order valence-corrected chi connectivity index (χ3v) is 4.40. The van der Waals surface area contributed by atoms with Gasteiger partial charge in [-0.05, 0) is 57.6 Å². The Morgan fingerprint density at radius 2 is 1.62 bits per heavy atom. The maximum atomic E-state index is 12.0. The number of esters is 1. The lowest BCUT2D eigenvalue weighted by Crippen LogP contribution is -2.21. The molecule has 3 aromatic rings. The molecule has 0 saturated carbocycles. The zero-order chi connectivity index (χ0) is 16.9. The first-order valence-corrected chi connectivity index (χ1v) is 8.42. The van der Waals surface area contributed by atoms with Crippen LogP contribution in [-0.2, 0) is 9.53 Å². The van der Waals surface area contributed by atoms with Crippen LogP contribution in [0.4, 0.5) is 5.69 Å². The molecular formula is C19H14INO3. The Morgan fingerprint density at radius 1 is 0.917 bits per heavy atom. The number of hydrogen-bond donors (Lipinski definition) is 1. The van der Waals surface area contributed by atoms with E-state index in [2.05, 4.69) is 27.9 Å². The maximum absolute atomic E-state index is 12.0. The number of ether oxygens (including phenoxy) is 1. The average Bonchev–Trinajstić information content (AvgIpc) is 2.60. The number of amides is 1. The molecule has 0 fully saturated rings. The van der Waals surface area contributed by atoms with E-state index in [4.69, 9.17) is 4.74 Å².